The van der Waals surface area contributed by atoms with Crippen LogP contribution in [0.5, 0.6) is 0 Å². The third kappa shape index (κ3) is 4.49. The molecule has 0 spiro atoms. The summed E-state index contributed by atoms with van der Waals surface area (Å²) in [5.41, 5.74) is 0.947. The highest BCUT2D eigenvalue weighted by molar-refractivity contribution is 9.10. The first-order valence-electron chi connectivity index (χ1n) is 6.53. The number of halogens is 4. The SMILES string of the molecule is CC(CNc1cc(Br)cc(C(F)(F)F)c1)c1ccccc1. The van der Waals surface area contributed by atoms with Crippen molar-refractivity contribution in [3.05, 3.63) is 64.1 Å². The molecule has 0 aliphatic heterocycles. The molecule has 5 heteroatoms. The number of anilines is 1. The molecule has 0 heterocycles. The number of hydrogen-bond acceptors (Lipinski definition) is 1. The summed E-state index contributed by atoms with van der Waals surface area (Å²) in [6.07, 6.45) is -4.34. The standard InChI is InChI=1S/C16H15BrF3N/c1-11(12-5-3-2-4-6-12)10-21-15-8-13(16(18,19)20)7-14(17)9-15/h2-9,11,21H,10H2,1H3. The smallest absolute Gasteiger partial charge is 0.384 e. The summed E-state index contributed by atoms with van der Waals surface area (Å²) >= 11 is 3.12. The van der Waals surface area contributed by atoms with Gasteiger partial charge in [0.2, 0.25) is 0 Å². The van der Waals surface area contributed by atoms with Crippen LogP contribution in [0.2, 0.25) is 0 Å². The number of benzene rings is 2. The zero-order valence-corrected chi connectivity index (χ0v) is 13.0. The first-order valence-corrected chi connectivity index (χ1v) is 7.32. The Kier molecular flexibility index (Phi) is 4.93. The third-order valence-electron chi connectivity index (χ3n) is 3.21. The molecule has 0 aromatic heterocycles. The summed E-state index contributed by atoms with van der Waals surface area (Å²) in [5, 5.41) is 3.07. The molecule has 2 aromatic rings. The second-order valence-corrected chi connectivity index (χ2v) is 5.83. The van der Waals surface area contributed by atoms with E-state index in [0.717, 1.165) is 17.7 Å². The molecule has 0 amide bonds. The molecule has 2 aromatic carbocycles. The summed E-state index contributed by atoms with van der Waals surface area (Å²) < 4.78 is 38.7. The summed E-state index contributed by atoms with van der Waals surface area (Å²) in [6, 6.07) is 13.7. The second-order valence-electron chi connectivity index (χ2n) is 4.92. The maximum Gasteiger partial charge on any atom is 0.416 e. The van der Waals surface area contributed by atoms with E-state index in [-0.39, 0.29) is 5.92 Å². The van der Waals surface area contributed by atoms with Gasteiger partial charge in [0.05, 0.1) is 5.56 Å². The van der Waals surface area contributed by atoms with Crippen LogP contribution >= 0.6 is 15.9 Å². The average Bonchev–Trinajstić information content (AvgIpc) is 2.44. The largest absolute Gasteiger partial charge is 0.416 e. The minimum atomic E-state index is -4.34. The quantitative estimate of drug-likeness (QED) is 0.741. The maximum atomic E-state index is 12.8. The molecule has 2 rings (SSSR count). The van der Waals surface area contributed by atoms with Crippen molar-refractivity contribution in [1.82, 2.24) is 0 Å². The molecule has 0 fully saturated rings. The molecule has 1 nitrogen and oxygen atoms in total. The van der Waals surface area contributed by atoms with Gasteiger partial charge in [-0.1, -0.05) is 53.2 Å². The Morgan fingerprint density at radius 3 is 2.38 bits per heavy atom. The number of nitrogens with one attached hydrogen (secondary N) is 1. The van der Waals surface area contributed by atoms with Crippen LogP contribution in [-0.2, 0) is 6.18 Å². The van der Waals surface area contributed by atoms with Gasteiger partial charge in [-0.2, -0.15) is 13.2 Å². The van der Waals surface area contributed by atoms with Gasteiger partial charge in [-0.15, -0.1) is 0 Å². The highest BCUT2D eigenvalue weighted by Gasteiger charge is 2.31. The molecular formula is C16H15BrF3N. The van der Waals surface area contributed by atoms with Gasteiger partial charge in [-0.3, -0.25) is 0 Å². The third-order valence-corrected chi connectivity index (χ3v) is 3.66. The summed E-state index contributed by atoms with van der Waals surface area (Å²) in [5.74, 6) is 0.208. The van der Waals surface area contributed by atoms with Crippen molar-refractivity contribution in [2.75, 3.05) is 11.9 Å². The topological polar surface area (TPSA) is 12.0 Å². The minimum absolute atomic E-state index is 0.208. The maximum absolute atomic E-state index is 12.8. The lowest BCUT2D eigenvalue weighted by molar-refractivity contribution is -0.137. The highest BCUT2D eigenvalue weighted by atomic mass is 79.9. The first kappa shape index (κ1) is 15.9. The Balaban J connectivity index is 2.08. The zero-order chi connectivity index (χ0) is 15.5. The van der Waals surface area contributed by atoms with Crippen LogP contribution < -0.4 is 5.32 Å². The lowest BCUT2D eigenvalue weighted by atomic mass is 10.0. The van der Waals surface area contributed by atoms with Crippen molar-refractivity contribution in [2.45, 2.75) is 19.0 Å². The number of rotatable bonds is 4. The van der Waals surface area contributed by atoms with Gasteiger partial charge in [0.15, 0.2) is 0 Å². The summed E-state index contributed by atoms with van der Waals surface area (Å²) in [7, 11) is 0. The lowest BCUT2D eigenvalue weighted by Crippen LogP contribution is -2.11. The second kappa shape index (κ2) is 6.52. The molecule has 0 saturated heterocycles. The molecule has 1 atom stereocenters. The van der Waals surface area contributed by atoms with Gasteiger partial charge in [-0.05, 0) is 29.7 Å². The lowest BCUT2D eigenvalue weighted by Gasteiger charge is -2.16. The van der Waals surface area contributed by atoms with E-state index in [0.29, 0.717) is 16.7 Å². The summed E-state index contributed by atoms with van der Waals surface area (Å²) in [6.45, 7) is 2.60. The van der Waals surface area contributed by atoms with Crippen molar-refractivity contribution < 1.29 is 13.2 Å². The van der Waals surface area contributed by atoms with Crippen LogP contribution in [0.15, 0.2) is 53.0 Å². The molecule has 1 N–H and O–H groups in total. The van der Waals surface area contributed by atoms with Crippen molar-refractivity contribution in [3.8, 4) is 0 Å². The van der Waals surface area contributed by atoms with Crippen LogP contribution in [0.4, 0.5) is 18.9 Å². The fraction of sp³-hybridized carbons (Fsp3) is 0.250. The predicted molar refractivity (Wildman–Crippen MR) is 82.5 cm³/mol. The van der Waals surface area contributed by atoms with Gasteiger partial charge in [0.1, 0.15) is 0 Å². The molecule has 1 unspecified atom stereocenters. The minimum Gasteiger partial charge on any atom is -0.384 e. The van der Waals surface area contributed by atoms with E-state index in [4.69, 9.17) is 0 Å². The van der Waals surface area contributed by atoms with Gasteiger partial charge < -0.3 is 5.32 Å². The van der Waals surface area contributed by atoms with Crippen LogP contribution in [0.3, 0.4) is 0 Å². The van der Waals surface area contributed by atoms with Crippen molar-refractivity contribution in [2.24, 2.45) is 0 Å². The summed E-state index contributed by atoms with van der Waals surface area (Å²) in [4.78, 5) is 0. The van der Waals surface area contributed by atoms with Gasteiger partial charge in [0, 0.05) is 16.7 Å². The van der Waals surface area contributed by atoms with E-state index in [1.54, 1.807) is 6.07 Å². The molecule has 21 heavy (non-hydrogen) atoms. The Bertz CT molecular complexity index is 596. The number of hydrogen-bond donors (Lipinski definition) is 1. The predicted octanol–water partition coefficient (Wildman–Crippen LogP) is 5.68. The molecule has 112 valence electrons. The van der Waals surface area contributed by atoms with Crippen LogP contribution in [-0.4, -0.2) is 6.54 Å². The fourth-order valence-electron chi connectivity index (χ4n) is 2.03. The zero-order valence-electron chi connectivity index (χ0n) is 11.4. The highest BCUT2D eigenvalue weighted by Crippen LogP contribution is 2.33. The van der Waals surface area contributed by atoms with E-state index < -0.39 is 11.7 Å². The van der Waals surface area contributed by atoms with E-state index in [9.17, 15) is 13.2 Å². The van der Waals surface area contributed by atoms with Gasteiger partial charge in [0.25, 0.3) is 0 Å². The Morgan fingerprint density at radius 1 is 1.10 bits per heavy atom. The van der Waals surface area contributed by atoms with E-state index in [1.807, 2.05) is 37.3 Å². The molecule has 0 aliphatic carbocycles. The monoisotopic (exact) mass is 357 g/mol. The van der Waals surface area contributed by atoms with Crippen LogP contribution in [0.25, 0.3) is 0 Å². The molecular weight excluding hydrogens is 343 g/mol. The van der Waals surface area contributed by atoms with Crippen molar-refractivity contribution in [1.29, 1.82) is 0 Å². The van der Waals surface area contributed by atoms with Crippen LogP contribution in [0, 0.1) is 0 Å². The molecule has 0 radical (unpaired) electrons. The normalized spacial score (nSPS) is 13.0. The first-order chi connectivity index (χ1) is 9.86. The van der Waals surface area contributed by atoms with E-state index in [1.165, 1.54) is 0 Å². The Labute approximate surface area is 130 Å². The Hall–Kier alpha value is -1.49. The average molecular weight is 358 g/mol. The van der Waals surface area contributed by atoms with E-state index in [2.05, 4.69) is 21.2 Å². The van der Waals surface area contributed by atoms with Gasteiger partial charge in [-0.25, -0.2) is 0 Å². The fourth-order valence-corrected chi connectivity index (χ4v) is 2.52. The van der Waals surface area contributed by atoms with E-state index >= 15 is 0 Å². The van der Waals surface area contributed by atoms with Crippen molar-refractivity contribution in [3.63, 3.8) is 0 Å². The molecule has 0 aliphatic rings. The Morgan fingerprint density at radius 2 is 1.76 bits per heavy atom. The van der Waals surface area contributed by atoms with Crippen molar-refractivity contribution >= 4 is 21.6 Å². The molecule has 0 saturated carbocycles. The number of alkyl halides is 3. The van der Waals surface area contributed by atoms with Crippen LogP contribution in [0.1, 0.15) is 24.0 Å². The van der Waals surface area contributed by atoms with Gasteiger partial charge >= 0.3 is 6.18 Å². The molecule has 0 bridgehead atoms.